The molecule has 4 heteroatoms. The summed E-state index contributed by atoms with van der Waals surface area (Å²) in [6, 6.07) is 6.83. The van der Waals surface area contributed by atoms with Gasteiger partial charge in [0, 0.05) is 10.6 Å². The van der Waals surface area contributed by atoms with Crippen LogP contribution in [0.2, 0.25) is 5.02 Å². The molecule has 0 aliphatic rings. The SMILES string of the molecule is O=C(CSCl)c1cccc(Cl)c1. The van der Waals surface area contributed by atoms with Crippen LogP contribution in [0.1, 0.15) is 10.4 Å². The van der Waals surface area contributed by atoms with Crippen LogP contribution in [-0.2, 0) is 0 Å². The summed E-state index contributed by atoms with van der Waals surface area (Å²) >= 11 is 5.70. The minimum Gasteiger partial charge on any atom is -0.293 e. The van der Waals surface area contributed by atoms with Gasteiger partial charge in [0.2, 0.25) is 0 Å². The molecule has 0 aliphatic heterocycles. The number of ketones is 1. The van der Waals surface area contributed by atoms with Crippen LogP contribution < -0.4 is 0 Å². The number of carbonyl (C=O) groups is 1. The molecule has 0 unspecified atom stereocenters. The second kappa shape index (κ2) is 4.75. The van der Waals surface area contributed by atoms with E-state index in [1.165, 1.54) is 0 Å². The van der Waals surface area contributed by atoms with E-state index in [0.717, 1.165) is 11.0 Å². The van der Waals surface area contributed by atoms with Gasteiger partial charge in [0.1, 0.15) is 0 Å². The standard InChI is InChI=1S/C8H6Cl2OS/c9-7-3-1-2-6(4-7)8(11)5-12-10/h1-4H,5H2. The largest absolute Gasteiger partial charge is 0.293 e. The second-order valence-electron chi connectivity index (χ2n) is 2.19. The maximum absolute atomic E-state index is 11.2. The van der Waals surface area contributed by atoms with Crippen molar-refractivity contribution in [1.29, 1.82) is 0 Å². The molecule has 0 fully saturated rings. The summed E-state index contributed by atoms with van der Waals surface area (Å²) in [5, 5.41) is 0.570. The molecule has 0 saturated carbocycles. The Kier molecular flexibility index (Phi) is 3.92. The molecule has 12 heavy (non-hydrogen) atoms. The highest BCUT2D eigenvalue weighted by Gasteiger charge is 2.04. The lowest BCUT2D eigenvalue weighted by atomic mass is 10.1. The summed E-state index contributed by atoms with van der Waals surface area (Å²) in [6.45, 7) is 0. The van der Waals surface area contributed by atoms with Gasteiger partial charge in [-0.15, -0.1) is 0 Å². The molecular formula is C8H6Cl2OS. The van der Waals surface area contributed by atoms with Crippen LogP contribution in [0.3, 0.4) is 0 Å². The van der Waals surface area contributed by atoms with Gasteiger partial charge in [-0.25, -0.2) is 0 Å². The molecule has 1 nitrogen and oxygen atoms in total. The fourth-order valence-corrected chi connectivity index (χ4v) is 1.55. The number of Topliss-reactive ketones (excluding diaryl/α,β-unsaturated/α-hetero) is 1. The Hall–Kier alpha value is -0.180. The Labute approximate surface area is 84.6 Å². The van der Waals surface area contributed by atoms with Crippen LogP contribution in [0, 0.1) is 0 Å². The molecule has 0 radical (unpaired) electrons. The third-order valence-electron chi connectivity index (χ3n) is 1.33. The molecular weight excluding hydrogens is 215 g/mol. The molecule has 0 heterocycles. The normalized spacial score (nSPS) is 9.83. The Morgan fingerprint density at radius 1 is 1.50 bits per heavy atom. The van der Waals surface area contributed by atoms with Crippen molar-refractivity contribution < 1.29 is 4.79 Å². The monoisotopic (exact) mass is 220 g/mol. The first-order chi connectivity index (χ1) is 5.74. The topological polar surface area (TPSA) is 17.1 Å². The molecule has 64 valence electrons. The van der Waals surface area contributed by atoms with E-state index in [4.69, 9.17) is 22.3 Å². The molecule has 0 spiro atoms. The quantitative estimate of drug-likeness (QED) is 0.727. The Bertz CT molecular complexity index is 288. The highest BCUT2D eigenvalue weighted by molar-refractivity contribution is 8.21. The smallest absolute Gasteiger partial charge is 0.174 e. The predicted molar refractivity (Wildman–Crippen MR) is 54.1 cm³/mol. The summed E-state index contributed by atoms with van der Waals surface area (Å²) in [6.07, 6.45) is 0. The molecule has 0 amide bonds. The van der Waals surface area contributed by atoms with E-state index in [2.05, 4.69) is 0 Å². The first-order valence-electron chi connectivity index (χ1n) is 3.26. The summed E-state index contributed by atoms with van der Waals surface area (Å²) in [7, 11) is 6.34. The number of hydrogen-bond acceptors (Lipinski definition) is 2. The van der Waals surface area contributed by atoms with Gasteiger partial charge in [-0.2, -0.15) is 0 Å². The van der Waals surface area contributed by atoms with Crippen molar-refractivity contribution in [2.24, 2.45) is 0 Å². The number of benzene rings is 1. The van der Waals surface area contributed by atoms with E-state index in [0.29, 0.717) is 10.6 Å². The molecule has 1 aromatic carbocycles. The Morgan fingerprint density at radius 3 is 2.83 bits per heavy atom. The average molecular weight is 221 g/mol. The zero-order valence-electron chi connectivity index (χ0n) is 6.09. The van der Waals surface area contributed by atoms with Gasteiger partial charge in [0.05, 0.1) is 5.75 Å². The van der Waals surface area contributed by atoms with Crippen molar-refractivity contribution >= 4 is 39.0 Å². The van der Waals surface area contributed by atoms with Crippen LogP contribution in [0.5, 0.6) is 0 Å². The summed E-state index contributed by atoms with van der Waals surface area (Å²) < 4.78 is 0. The lowest BCUT2D eigenvalue weighted by Gasteiger charge is -1.97. The van der Waals surface area contributed by atoms with E-state index < -0.39 is 0 Å². The zero-order valence-corrected chi connectivity index (χ0v) is 8.42. The molecule has 0 aliphatic carbocycles. The van der Waals surface area contributed by atoms with Gasteiger partial charge in [0.15, 0.2) is 5.78 Å². The third-order valence-corrected chi connectivity index (χ3v) is 2.27. The molecule has 0 aromatic heterocycles. The number of hydrogen-bond donors (Lipinski definition) is 0. The molecule has 1 rings (SSSR count). The van der Waals surface area contributed by atoms with Crippen molar-refractivity contribution in [2.45, 2.75) is 0 Å². The van der Waals surface area contributed by atoms with Crippen LogP contribution in [0.25, 0.3) is 0 Å². The van der Waals surface area contributed by atoms with Crippen molar-refractivity contribution in [3.63, 3.8) is 0 Å². The molecule has 1 aromatic rings. The highest BCUT2D eigenvalue weighted by Crippen LogP contribution is 2.14. The highest BCUT2D eigenvalue weighted by atomic mass is 35.7. The minimum absolute atomic E-state index is 0.00231. The van der Waals surface area contributed by atoms with E-state index in [1.807, 2.05) is 0 Å². The zero-order chi connectivity index (χ0) is 8.97. The maximum atomic E-state index is 11.2. The number of carbonyl (C=O) groups excluding carboxylic acids is 1. The minimum atomic E-state index is -0.00231. The van der Waals surface area contributed by atoms with Gasteiger partial charge in [0.25, 0.3) is 0 Å². The third kappa shape index (κ3) is 2.70. The van der Waals surface area contributed by atoms with E-state index in [-0.39, 0.29) is 11.5 Å². The molecule has 0 atom stereocenters. The van der Waals surface area contributed by atoms with Gasteiger partial charge in [-0.3, -0.25) is 4.79 Å². The van der Waals surface area contributed by atoms with Gasteiger partial charge >= 0.3 is 0 Å². The Balaban J connectivity index is 2.81. The van der Waals surface area contributed by atoms with Crippen LogP contribution in [0.15, 0.2) is 24.3 Å². The lowest BCUT2D eigenvalue weighted by molar-refractivity contribution is 0.102. The fourth-order valence-electron chi connectivity index (χ4n) is 0.795. The second-order valence-corrected chi connectivity index (χ2v) is 3.78. The van der Waals surface area contributed by atoms with Gasteiger partial charge < -0.3 is 0 Å². The summed E-state index contributed by atoms with van der Waals surface area (Å²) in [5.41, 5.74) is 0.607. The predicted octanol–water partition coefficient (Wildman–Crippen LogP) is 3.41. The average Bonchev–Trinajstić information content (AvgIpc) is 2.05. The van der Waals surface area contributed by atoms with Crippen molar-refractivity contribution in [3.8, 4) is 0 Å². The van der Waals surface area contributed by atoms with Gasteiger partial charge in [-0.05, 0) is 33.8 Å². The Morgan fingerprint density at radius 2 is 2.25 bits per heavy atom. The van der Waals surface area contributed by atoms with E-state index in [9.17, 15) is 4.79 Å². The fraction of sp³-hybridized carbons (Fsp3) is 0.125. The molecule has 0 bridgehead atoms. The van der Waals surface area contributed by atoms with E-state index >= 15 is 0 Å². The van der Waals surface area contributed by atoms with Crippen molar-refractivity contribution in [1.82, 2.24) is 0 Å². The molecule has 0 N–H and O–H groups in total. The molecule has 0 saturated heterocycles. The number of rotatable bonds is 3. The first-order valence-corrected chi connectivity index (χ1v) is 5.45. The van der Waals surface area contributed by atoms with Crippen molar-refractivity contribution in [3.05, 3.63) is 34.9 Å². The summed E-state index contributed by atoms with van der Waals surface area (Å²) in [4.78, 5) is 11.2. The maximum Gasteiger partial charge on any atom is 0.174 e. The van der Waals surface area contributed by atoms with Crippen LogP contribution >= 0.6 is 33.3 Å². The lowest BCUT2D eigenvalue weighted by Crippen LogP contribution is -2.00. The summed E-state index contributed by atoms with van der Waals surface area (Å²) in [5.74, 6) is 0.277. The van der Waals surface area contributed by atoms with E-state index in [1.54, 1.807) is 24.3 Å². The first kappa shape index (κ1) is 9.90. The number of halogens is 2. The van der Waals surface area contributed by atoms with Gasteiger partial charge in [-0.1, -0.05) is 23.7 Å². The van der Waals surface area contributed by atoms with Crippen LogP contribution in [0.4, 0.5) is 0 Å². The van der Waals surface area contributed by atoms with Crippen LogP contribution in [-0.4, -0.2) is 11.5 Å². The van der Waals surface area contributed by atoms with Crippen molar-refractivity contribution in [2.75, 3.05) is 5.75 Å².